The number of hydrogen-bond donors (Lipinski definition) is 1. The number of fused-ring (bicyclic) bond motifs is 1. The molecule has 0 spiro atoms. The van der Waals surface area contributed by atoms with Gasteiger partial charge < -0.3 is 19.5 Å². The Morgan fingerprint density at radius 2 is 2.00 bits per heavy atom. The molecule has 156 valence electrons. The van der Waals surface area contributed by atoms with E-state index in [1.54, 1.807) is 0 Å². The van der Waals surface area contributed by atoms with Crippen LogP contribution >= 0.6 is 24.8 Å². The van der Waals surface area contributed by atoms with Crippen LogP contribution < -0.4 is 10.2 Å². The van der Waals surface area contributed by atoms with Crippen molar-refractivity contribution >= 4 is 47.8 Å². The largest absolute Gasteiger partial charge is 0.423 e. The summed E-state index contributed by atoms with van der Waals surface area (Å²) >= 11 is 0. The van der Waals surface area contributed by atoms with Crippen LogP contribution in [0.3, 0.4) is 0 Å². The molecule has 3 heterocycles. The van der Waals surface area contributed by atoms with E-state index < -0.39 is 0 Å². The van der Waals surface area contributed by atoms with Gasteiger partial charge in [0, 0.05) is 38.1 Å². The first-order valence-electron chi connectivity index (χ1n) is 9.88. The highest BCUT2D eigenvalue weighted by molar-refractivity contribution is 5.85. The Bertz CT molecular complexity index is 722. The van der Waals surface area contributed by atoms with Crippen molar-refractivity contribution in [1.82, 2.24) is 15.2 Å². The first-order valence-corrected chi connectivity index (χ1v) is 9.88. The number of rotatable bonds is 5. The molecule has 4 rings (SSSR count). The van der Waals surface area contributed by atoms with E-state index >= 15 is 0 Å². The Labute approximate surface area is 178 Å². The average molecular weight is 429 g/mol. The van der Waals surface area contributed by atoms with Gasteiger partial charge in [0.05, 0.1) is 0 Å². The van der Waals surface area contributed by atoms with E-state index in [4.69, 9.17) is 4.42 Å². The summed E-state index contributed by atoms with van der Waals surface area (Å²) in [7, 11) is 0. The summed E-state index contributed by atoms with van der Waals surface area (Å²) in [5.74, 6) is 0.473. The van der Waals surface area contributed by atoms with E-state index in [1.807, 2.05) is 24.3 Å². The van der Waals surface area contributed by atoms with Gasteiger partial charge in [-0.2, -0.15) is 4.98 Å². The average Bonchev–Trinajstić information content (AvgIpc) is 3.35. The third kappa shape index (κ3) is 4.73. The summed E-state index contributed by atoms with van der Waals surface area (Å²) in [5.41, 5.74) is 1.71. The number of carbonyl (C=O) groups excluding carboxylic acids is 1. The van der Waals surface area contributed by atoms with Crippen LogP contribution in [-0.2, 0) is 4.79 Å². The second-order valence-electron chi connectivity index (χ2n) is 7.40. The van der Waals surface area contributed by atoms with Crippen LogP contribution in [0.25, 0.3) is 11.1 Å². The van der Waals surface area contributed by atoms with Crippen LogP contribution in [0.15, 0.2) is 28.7 Å². The Kier molecular flexibility index (Phi) is 8.40. The van der Waals surface area contributed by atoms with E-state index in [0.717, 1.165) is 69.5 Å². The van der Waals surface area contributed by atoms with E-state index in [1.165, 1.54) is 0 Å². The van der Waals surface area contributed by atoms with Crippen molar-refractivity contribution in [2.75, 3.05) is 37.6 Å². The molecule has 1 aromatic heterocycles. The second kappa shape index (κ2) is 10.3. The maximum atomic E-state index is 13.1. The quantitative estimate of drug-likeness (QED) is 0.789. The monoisotopic (exact) mass is 428 g/mol. The molecule has 2 aliphatic heterocycles. The van der Waals surface area contributed by atoms with Crippen LogP contribution in [0.5, 0.6) is 0 Å². The number of amides is 1. The van der Waals surface area contributed by atoms with Gasteiger partial charge in [0.15, 0.2) is 5.58 Å². The normalized spacial score (nSPS) is 19.9. The molecule has 0 aliphatic carbocycles. The zero-order valence-electron chi connectivity index (χ0n) is 16.3. The van der Waals surface area contributed by atoms with E-state index in [9.17, 15) is 4.79 Å². The minimum atomic E-state index is 0. The van der Waals surface area contributed by atoms with Crippen LogP contribution in [0, 0.1) is 5.92 Å². The van der Waals surface area contributed by atoms with Crippen molar-refractivity contribution in [1.29, 1.82) is 0 Å². The number of anilines is 1. The fourth-order valence-electron chi connectivity index (χ4n) is 4.17. The second-order valence-corrected chi connectivity index (χ2v) is 7.40. The van der Waals surface area contributed by atoms with Crippen molar-refractivity contribution in [3.8, 4) is 0 Å². The van der Waals surface area contributed by atoms with Gasteiger partial charge in [0.1, 0.15) is 5.52 Å². The minimum absolute atomic E-state index is 0. The van der Waals surface area contributed by atoms with Gasteiger partial charge in [0.25, 0.3) is 6.01 Å². The fraction of sp³-hybridized carbons (Fsp3) is 0.600. The molecule has 2 aromatic rings. The van der Waals surface area contributed by atoms with E-state index in [-0.39, 0.29) is 30.7 Å². The highest BCUT2D eigenvalue weighted by Gasteiger charge is 2.33. The molecule has 0 bridgehead atoms. The zero-order valence-corrected chi connectivity index (χ0v) is 17.9. The van der Waals surface area contributed by atoms with E-state index in [0.29, 0.717) is 18.0 Å². The third-order valence-corrected chi connectivity index (χ3v) is 5.62. The molecule has 28 heavy (non-hydrogen) atoms. The smallest absolute Gasteiger partial charge is 0.298 e. The highest BCUT2D eigenvalue weighted by Crippen LogP contribution is 2.28. The Morgan fingerprint density at radius 1 is 1.25 bits per heavy atom. The van der Waals surface area contributed by atoms with Crippen molar-refractivity contribution in [2.45, 2.75) is 38.6 Å². The number of piperidine rings is 1. The first-order chi connectivity index (χ1) is 12.8. The summed E-state index contributed by atoms with van der Waals surface area (Å²) in [4.78, 5) is 22.0. The highest BCUT2D eigenvalue weighted by atomic mass is 35.5. The van der Waals surface area contributed by atoms with Gasteiger partial charge in [-0.25, -0.2) is 0 Å². The Hall–Kier alpha value is -1.50. The number of hydrogen-bond acceptors (Lipinski definition) is 5. The topological polar surface area (TPSA) is 61.6 Å². The van der Waals surface area contributed by atoms with Gasteiger partial charge in [-0.15, -0.1) is 24.8 Å². The van der Waals surface area contributed by atoms with Crippen LogP contribution in [0.1, 0.15) is 32.6 Å². The molecule has 0 radical (unpaired) electrons. The predicted molar refractivity (Wildman–Crippen MR) is 117 cm³/mol. The molecular formula is C20H30Cl2N4O2. The van der Waals surface area contributed by atoms with Gasteiger partial charge >= 0.3 is 0 Å². The number of halogens is 2. The molecule has 1 atom stereocenters. The molecule has 1 N–H and O–H groups in total. The molecule has 6 nitrogen and oxygen atoms in total. The standard InChI is InChI=1S/C20H28N4O2.2ClH/c1-2-11-24(16-7-10-21-14-16)19(25)15-8-12-23(13-9-15)20-22-17-5-3-4-6-18(17)26-20;;/h3-6,15-16,21H,2,7-14H2,1H3;2*1H. The molecule has 1 unspecified atom stereocenters. The molecule has 1 aromatic carbocycles. The third-order valence-electron chi connectivity index (χ3n) is 5.62. The molecule has 1 amide bonds. The lowest BCUT2D eigenvalue weighted by atomic mass is 9.94. The number of nitrogens with one attached hydrogen (secondary N) is 1. The van der Waals surface area contributed by atoms with Crippen LogP contribution in [0.4, 0.5) is 6.01 Å². The van der Waals surface area contributed by atoms with Crippen molar-refractivity contribution in [3.63, 3.8) is 0 Å². The number of aromatic nitrogens is 1. The maximum Gasteiger partial charge on any atom is 0.298 e. The lowest BCUT2D eigenvalue weighted by Gasteiger charge is -2.36. The summed E-state index contributed by atoms with van der Waals surface area (Å²) in [6, 6.07) is 8.90. The fourth-order valence-corrected chi connectivity index (χ4v) is 4.17. The van der Waals surface area contributed by atoms with Gasteiger partial charge in [-0.1, -0.05) is 19.1 Å². The van der Waals surface area contributed by atoms with Crippen LogP contribution in [-0.4, -0.2) is 54.6 Å². The van der Waals surface area contributed by atoms with Crippen molar-refractivity contribution in [3.05, 3.63) is 24.3 Å². The molecule has 2 saturated heterocycles. The lowest BCUT2D eigenvalue weighted by molar-refractivity contribution is -0.138. The molecule has 0 saturated carbocycles. The van der Waals surface area contributed by atoms with Crippen LogP contribution in [0.2, 0.25) is 0 Å². The Morgan fingerprint density at radius 3 is 2.64 bits per heavy atom. The molecule has 2 aliphatic rings. The lowest BCUT2D eigenvalue weighted by Crippen LogP contribution is -2.47. The summed E-state index contributed by atoms with van der Waals surface area (Å²) in [5, 5.41) is 3.39. The van der Waals surface area contributed by atoms with Gasteiger partial charge in [-0.3, -0.25) is 4.79 Å². The zero-order chi connectivity index (χ0) is 17.9. The summed E-state index contributed by atoms with van der Waals surface area (Å²) < 4.78 is 5.88. The van der Waals surface area contributed by atoms with Gasteiger partial charge in [0.2, 0.25) is 5.91 Å². The van der Waals surface area contributed by atoms with E-state index in [2.05, 4.69) is 27.0 Å². The number of benzene rings is 1. The minimum Gasteiger partial charge on any atom is -0.423 e. The van der Waals surface area contributed by atoms with Gasteiger partial charge in [-0.05, 0) is 44.4 Å². The summed E-state index contributed by atoms with van der Waals surface area (Å²) in [6.07, 6.45) is 3.84. The molecule has 2 fully saturated rings. The Balaban J connectivity index is 0.00000140. The SMILES string of the molecule is CCCN(C(=O)C1CCN(c2nc3ccccc3o2)CC1)C1CCNC1.Cl.Cl. The number of nitrogens with zero attached hydrogens (tertiary/aromatic N) is 3. The molecule has 8 heteroatoms. The van der Waals surface area contributed by atoms with Crippen molar-refractivity contribution < 1.29 is 9.21 Å². The predicted octanol–water partition coefficient (Wildman–Crippen LogP) is 3.49. The number of para-hydroxylation sites is 2. The first kappa shape index (κ1) is 22.8. The summed E-state index contributed by atoms with van der Waals surface area (Å²) in [6.45, 7) is 6.63. The van der Waals surface area contributed by atoms with Crippen molar-refractivity contribution in [2.24, 2.45) is 5.92 Å². The number of oxazole rings is 1. The number of carbonyl (C=O) groups is 1. The maximum absolute atomic E-state index is 13.1. The molecular weight excluding hydrogens is 399 g/mol.